The summed E-state index contributed by atoms with van der Waals surface area (Å²) in [4.78, 5) is 0. The van der Waals surface area contributed by atoms with Crippen molar-refractivity contribution in [1.29, 1.82) is 0 Å². The van der Waals surface area contributed by atoms with E-state index in [4.69, 9.17) is 0 Å². The van der Waals surface area contributed by atoms with Crippen LogP contribution in [0.25, 0.3) is 0 Å². The molecule has 1 aliphatic heterocycles. The summed E-state index contributed by atoms with van der Waals surface area (Å²) in [6.07, 6.45) is 0.638. The Morgan fingerprint density at radius 2 is 2.27 bits per heavy atom. The summed E-state index contributed by atoms with van der Waals surface area (Å²) in [5, 5.41) is 10.5. The van der Waals surface area contributed by atoms with E-state index in [9.17, 15) is 9.50 Å². The van der Waals surface area contributed by atoms with Crippen LogP contribution in [0.2, 0.25) is 0 Å². The van der Waals surface area contributed by atoms with Gasteiger partial charge in [-0.2, -0.15) is 11.8 Å². The van der Waals surface area contributed by atoms with E-state index >= 15 is 0 Å². The van der Waals surface area contributed by atoms with E-state index in [-0.39, 0.29) is 11.1 Å². The Morgan fingerprint density at radius 3 is 2.87 bits per heavy atom. The lowest BCUT2D eigenvalue weighted by atomic mass is 9.87. The van der Waals surface area contributed by atoms with Crippen molar-refractivity contribution in [2.75, 3.05) is 5.75 Å². The molecule has 0 spiro atoms. The van der Waals surface area contributed by atoms with Crippen molar-refractivity contribution in [2.45, 2.75) is 31.1 Å². The minimum absolute atomic E-state index is 0.0637. The van der Waals surface area contributed by atoms with E-state index < -0.39 is 5.60 Å². The van der Waals surface area contributed by atoms with Gasteiger partial charge in [0.2, 0.25) is 0 Å². The van der Waals surface area contributed by atoms with Crippen LogP contribution >= 0.6 is 11.8 Å². The topological polar surface area (TPSA) is 20.2 Å². The highest BCUT2D eigenvalue weighted by Gasteiger charge is 2.42. The van der Waals surface area contributed by atoms with Gasteiger partial charge in [0.1, 0.15) is 11.4 Å². The van der Waals surface area contributed by atoms with Crippen molar-refractivity contribution in [3.63, 3.8) is 0 Å². The van der Waals surface area contributed by atoms with Gasteiger partial charge in [-0.1, -0.05) is 24.6 Å². The summed E-state index contributed by atoms with van der Waals surface area (Å²) in [6, 6.07) is 4.94. The first kappa shape index (κ1) is 11.0. The molecular weight excluding hydrogens is 211 g/mol. The van der Waals surface area contributed by atoms with Gasteiger partial charge in [-0.25, -0.2) is 4.39 Å². The summed E-state index contributed by atoms with van der Waals surface area (Å²) >= 11 is 1.70. The van der Waals surface area contributed by atoms with E-state index in [1.54, 1.807) is 23.9 Å². The average molecular weight is 226 g/mol. The normalized spacial score (nSPS) is 30.8. The standard InChI is InChI=1S/C12H15FOS/c1-8-3-4-11(13)10(7-8)12(14)5-6-15-9(12)2/h3-4,7,9,14H,5-6H2,1-2H3. The second-order valence-corrected chi connectivity index (χ2v) is 5.62. The minimum Gasteiger partial charge on any atom is -0.384 e. The first-order chi connectivity index (χ1) is 7.04. The predicted molar refractivity (Wildman–Crippen MR) is 61.6 cm³/mol. The van der Waals surface area contributed by atoms with Crippen LogP contribution in [0.5, 0.6) is 0 Å². The van der Waals surface area contributed by atoms with E-state index in [2.05, 4.69) is 0 Å². The molecule has 1 aliphatic rings. The largest absolute Gasteiger partial charge is 0.384 e. The summed E-state index contributed by atoms with van der Waals surface area (Å²) in [6.45, 7) is 3.87. The number of thioether (sulfide) groups is 1. The Morgan fingerprint density at radius 1 is 1.53 bits per heavy atom. The summed E-state index contributed by atoms with van der Waals surface area (Å²) < 4.78 is 13.7. The number of aliphatic hydroxyl groups is 1. The fraction of sp³-hybridized carbons (Fsp3) is 0.500. The fourth-order valence-corrected chi connectivity index (χ4v) is 3.36. The highest BCUT2D eigenvalue weighted by molar-refractivity contribution is 8.00. The molecule has 1 aromatic rings. The molecule has 2 unspecified atom stereocenters. The molecule has 0 amide bonds. The predicted octanol–water partition coefficient (Wildman–Crippen LogP) is 2.85. The molecule has 1 nitrogen and oxygen atoms in total. The molecule has 0 bridgehead atoms. The first-order valence-electron chi connectivity index (χ1n) is 5.14. The number of benzene rings is 1. The minimum atomic E-state index is -0.985. The SMILES string of the molecule is Cc1ccc(F)c(C2(O)CCSC2C)c1. The van der Waals surface area contributed by atoms with Gasteiger partial charge in [-0.3, -0.25) is 0 Å². The third-order valence-electron chi connectivity index (χ3n) is 3.11. The zero-order chi connectivity index (χ0) is 11.1. The zero-order valence-corrected chi connectivity index (χ0v) is 9.77. The Hall–Kier alpha value is -0.540. The molecule has 3 heteroatoms. The molecule has 0 radical (unpaired) electrons. The summed E-state index contributed by atoms with van der Waals surface area (Å²) in [5.74, 6) is 0.600. The van der Waals surface area contributed by atoms with Crippen LogP contribution in [0.1, 0.15) is 24.5 Å². The van der Waals surface area contributed by atoms with Gasteiger partial charge in [0.05, 0.1) is 0 Å². The van der Waals surface area contributed by atoms with Crippen LogP contribution < -0.4 is 0 Å². The molecule has 0 saturated carbocycles. The van der Waals surface area contributed by atoms with Crippen molar-refractivity contribution in [1.82, 2.24) is 0 Å². The second kappa shape index (κ2) is 3.80. The molecule has 0 aliphatic carbocycles. The molecule has 1 N–H and O–H groups in total. The van der Waals surface area contributed by atoms with Gasteiger partial charge in [0.25, 0.3) is 0 Å². The van der Waals surface area contributed by atoms with Crippen LogP contribution in [0, 0.1) is 12.7 Å². The van der Waals surface area contributed by atoms with Crippen LogP contribution in [-0.2, 0) is 5.60 Å². The molecule has 2 rings (SSSR count). The first-order valence-corrected chi connectivity index (χ1v) is 6.19. The van der Waals surface area contributed by atoms with Crippen LogP contribution in [0.15, 0.2) is 18.2 Å². The van der Waals surface area contributed by atoms with E-state index in [0.717, 1.165) is 11.3 Å². The summed E-state index contributed by atoms with van der Waals surface area (Å²) in [5.41, 5.74) is 0.463. The van der Waals surface area contributed by atoms with Crippen molar-refractivity contribution >= 4 is 11.8 Å². The van der Waals surface area contributed by atoms with Gasteiger partial charge < -0.3 is 5.11 Å². The van der Waals surface area contributed by atoms with Crippen molar-refractivity contribution in [3.8, 4) is 0 Å². The Balaban J connectivity index is 2.48. The molecule has 1 heterocycles. The lowest BCUT2D eigenvalue weighted by molar-refractivity contribution is 0.0390. The van der Waals surface area contributed by atoms with Crippen molar-refractivity contribution in [3.05, 3.63) is 35.1 Å². The van der Waals surface area contributed by atoms with E-state index in [0.29, 0.717) is 12.0 Å². The van der Waals surface area contributed by atoms with Crippen LogP contribution in [-0.4, -0.2) is 16.1 Å². The maximum absolute atomic E-state index is 13.7. The number of aryl methyl sites for hydroxylation is 1. The maximum Gasteiger partial charge on any atom is 0.129 e. The van der Waals surface area contributed by atoms with Gasteiger partial charge in [-0.05, 0) is 25.2 Å². The van der Waals surface area contributed by atoms with Crippen LogP contribution in [0.3, 0.4) is 0 Å². The number of halogens is 1. The van der Waals surface area contributed by atoms with Crippen molar-refractivity contribution < 1.29 is 9.50 Å². The van der Waals surface area contributed by atoms with Gasteiger partial charge in [-0.15, -0.1) is 0 Å². The Labute approximate surface area is 93.7 Å². The average Bonchev–Trinajstić information content (AvgIpc) is 2.52. The Bertz CT molecular complexity index is 380. The third-order valence-corrected chi connectivity index (χ3v) is 4.44. The van der Waals surface area contributed by atoms with Gasteiger partial charge >= 0.3 is 0 Å². The molecular formula is C12H15FOS. The quantitative estimate of drug-likeness (QED) is 0.794. The van der Waals surface area contributed by atoms with Gasteiger partial charge in [0.15, 0.2) is 0 Å². The molecule has 1 saturated heterocycles. The Kier molecular flexibility index (Phi) is 2.77. The maximum atomic E-state index is 13.7. The highest BCUT2D eigenvalue weighted by Crippen LogP contribution is 2.43. The van der Waals surface area contributed by atoms with E-state index in [1.165, 1.54) is 6.07 Å². The molecule has 1 fully saturated rings. The lowest BCUT2D eigenvalue weighted by Gasteiger charge is -2.28. The second-order valence-electron chi connectivity index (χ2n) is 4.17. The van der Waals surface area contributed by atoms with Crippen LogP contribution in [0.4, 0.5) is 4.39 Å². The van der Waals surface area contributed by atoms with Crippen molar-refractivity contribution in [2.24, 2.45) is 0 Å². The summed E-state index contributed by atoms with van der Waals surface area (Å²) in [7, 11) is 0. The monoisotopic (exact) mass is 226 g/mol. The molecule has 1 aromatic carbocycles. The smallest absolute Gasteiger partial charge is 0.129 e. The zero-order valence-electron chi connectivity index (χ0n) is 8.96. The lowest BCUT2D eigenvalue weighted by Crippen LogP contribution is -2.32. The molecule has 2 atom stereocenters. The number of rotatable bonds is 1. The molecule has 0 aromatic heterocycles. The number of hydrogen-bond acceptors (Lipinski definition) is 2. The third kappa shape index (κ3) is 1.79. The number of hydrogen-bond donors (Lipinski definition) is 1. The fourth-order valence-electron chi connectivity index (χ4n) is 2.06. The molecule has 82 valence electrons. The highest BCUT2D eigenvalue weighted by atomic mass is 32.2. The van der Waals surface area contributed by atoms with E-state index in [1.807, 2.05) is 13.8 Å². The molecule has 15 heavy (non-hydrogen) atoms. The van der Waals surface area contributed by atoms with Gasteiger partial charge in [0, 0.05) is 10.8 Å².